The van der Waals surface area contributed by atoms with Crippen LogP contribution in [-0.4, -0.2) is 24.7 Å². The van der Waals surface area contributed by atoms with Gasteiger partial charge in [-0.15, -0.1) is 10.2 Å². The zero-order valence-corrected chi connectivity index (χ0v) is 16.7. The molecule has 8 heteroatoms. The predicted molar refractivity (Wildman–Crippen MR) is 115 cm³/mol. The van der Waals surface area contributed by atoms with Gasteiger partial charge < -0.3 is 9.40 Å². The first kappa shape index (κ1) is 18.4. The molecule has 0 aliphatic rings. The summed E-state index contributed by atoms with van der Waals surface area (Å²) in [4.78, 5) is 19.1. The summed E-state index contributed by atoms with van der Waals surface area (Å²) < 4.78 is 7.55. The third-order valence-corrected chi connectivity index (χ3v) is 5.74. The Morgan fingerprint density at radius 1 is 1.07 bits per heavy atom. The minimum Gasteiger partial charge on any atom is -0.467 e. The lowest BCUT2D eigenvalue weighted by atomic mass is 10.1. The van der Waals surface area contributed by atoms with Gasteiger partial charge in [-0.05, 0) is 35.9 Å². The Kier molecular flexibility index (Phi) is 4.90. The van der Waals surface area contributed by atoms with Crippen molar-refractivity contribution in [3.05, 3.63) is 94.9 Å². The summed E-state index contributed by atoms with van der Waals surface area (Å²) in [6.45, 7) is 0.503. The summed E-state index contributed by atoms with van der Waals surface area (Å²) >= 11 is 1.54. The molecule has 1 N–H and O–H groups in total. The van der Waals surface area contributed by atoms with Gasteiger partial charge in [-0.1, -0.05) is 30.0 Å². The summed E-state index contributed by atoms with van der Waals surface area (Å²) in [5.74, 6) is 2.12. The maximum atomic E-state index is 12.1. The molecule has 4 aromatic heterocycles. The van der Waals surface area contributed by atoms with Gasteiger partial charge in [-0.3, -0.25) is 14.3 Å². The second-order valence-corrected chi connectivity index (χ2v) is 7.65. The van der Waals surface area contributed by atoms with Gasteiger partial charge in [0.1, 0.15) is 5.76 Å². The van der Waals surface area contributed by atoms with E-state index in [9.17, 15) is 4.79 Å². The van der Waals surface area contributed by atoms with Gasteiger partial charge in [0.05, 0.1) is 12.8 Å². The molecule has 0 saturated heterocycles. The van der Waals surface area contributed by atoms with Crippen molar-refractivity contribution in [2.45, 2.75) is 17.5 Å². The first-order valence-electron chi connectivity index (χ1n) is 9.37. The smallest absolute Gasteiger partial charge is 0.248 e. The normalized spacial score (nSPS) is 11.2. The van der Waals surface area contributed by atoms with Crippen molar-refractivity contribution in [1.29, 1.82) is 0 Å². The van der Waals surface area contributed by atoms with E-state index in [0.717, 1.165) is 38.8 Å². The number of nitrogens with zero attached hydrogens (tertiary/aromatic N) is 4. The predicted octanol–water partition coefficient (Wildman–Crippen LogP) is 4.12. The number of furan rings is 1. The molecule has 148 valence electrons. The third-order valence-electron chi connectivity index (χ3n) is 4.72. The molecule has 0 unspecified atom stereocenters. The summed E-state index contributed by atoms with van der Waals surface area (Å²) in [5.41, 5.74) is 2.55. The molecule has 4 heterocycles. The second-order valence-electron chi connectivity index (χ2n) is 6.71. The highest BCUT2D eigenvalue weighted by Crippen LogP contribution is 2.28. The molecule has 0 atom stereocenters. The summed E-state index contributed by atoms with van der Waals surface area (Å²) in [6.07, 6.45) is 5.14. The van der Waals surface area contributed by atoms with Crippen molar-refractivity contribution in [2.24, 2.45) is 0 Å². The molecule has 5 rings (SSSR count). The van der Waals surface area contributed by atoms with Crippen LogP contribution in [0.3, 0.4) is 0 Å². The average Bonchev–Trinajstić information content (AvgIpc) is 3.43. The van der Waals surface area contributed by atoms with Crippen LogP contribution >= 0.6 is 11.8 Å². The van der Waals surface area contributed by atoms with Crippen molar-refractivity contribution in [3.8, 4) is 11.4 Å². The Labute approximate surface area is 175 Å². The number of nitrogens with one attached hydrogen (secondary N) is 1. The number of benzene rings is 1. The van der Waals surface area contributed by atoms with E-state index in [0.29, 0.717) is 12.3 Å². The van der Waals surface area contributed by atoms with Crippen LogP contribution in [0, 0.1) is 0 Å². The van der Waals surface area contributed by atoms with E-state index in [1.165, 1.54) is 11.8 Å². The second kappa shape index (κ2) is 8.00. The molecule has 1 aromatic carbocycles. The van der Waals surface area contributed by atoms with E-state index in [1.807, 2.05) is 53.1 Å². The summed E-state index contributed by atoms with van der Waals surface area (Å²) in [6, 6.07) is 17.0. The van der Waals surface area contributed by atoms with Crippen LogP contribution in [-0.2, 0) is 12.3 Å². The highest BCUT2D eigenvalue weighted by Gasteiger charge is 2.16. The van der Waals surface area contributed by atoms with E-state index in [-0.39, 0.29) is 5.56 Å². The minimum absolute atomic E-state index is 0.114. The molecule has 0 aliphatic carbocycles. The van der Waals surface area contributed by atoms with Crippen molar-refractivity contribution >= 4 is 22.7 Å². The lowest BCUT2D eigenvalue weighted by Gasteiger charge is -2.09. The highest BCUT2D eigenvalue weighted by atomic mass is 32.2. The van der Waals surface area contributed by atoms with Crippen molar-refractivity contribution in [1.82, 2.24) is 24.7 Å². The van der Waals surface area contributed by atoms with Crippen LogP contribution < -0.4 is 5.56 Å². The minimum atomic E-state index is -0.114. The summed E-state index contributed by atoms with van der Waals surface area (Å²) in [5, 5.41) is 10.6. The fourth-order valence-electron chi connectivity index (χ4n) is 3.34. The van der Waals surface area contributed by atoms with Gasteiger partial charge in [0.2, 0.25) is 5.56 Å². The molecular weight excluding hydrogens is 398 g/mol. The number of aromatic amines is 1. The van der Waals surface area contributed by atoms with E-state index in [2.05, 4.69) is 20.2 Å². The number of pyridine rings is 2. The molecular formula is C22H17N5O2S. The number of aromatic nitrogens is 5. The van der Waals surface area contributed by atoms with Crippen LogP contribution in [0.1, 0.15) is 11.3 Å². The fourth-order valence-corrected chi connectivity index (χ4v) is 4.27. The molecule has 0 aliphatic heterocycles. The first-order chi connectivity index (χ1) is 14.8. The Morgan fingerprint density at radius 2 is 2.00 bits per heavy atom. The molecule has 0 bridgehead atoms. The molecule has 5 aromatic rings. The largest absolute Gasteiger partial charge is 0.467 e. The molecule has 0 saturated carbocycles. The Hall–Kier alpha value is -3.65. The van der Waals surface area contributed by atoms with Crippen LogP contribution in [0.4, 0.5) is 0 Å². The third kappa shape index (κ3) is 3.65. The zero-order valence-electron chi connectivity index (χ0n) is 15.9. The SMILES string of the molecule is O=c1cc(CSc2nnc(-c3cccnc3)n2Cc2ccco2)c2ccccc2[nH]1. The lowest BCUT2D eigenvalue weighted by molar-refractivity contribution is 0.485. The van der Waals surface area contributed by atoms with Gasteiger partial charge in [-0.2, -0.15) is 0 Å². The Bertz CT molecular complexity index is 1340. The molecule has 7 nitrogen and oxygen atoms in total. The van der Waals surface area contributed by atoms with Gasteiger partial charge in [0, 0.05) is 40.7 Å². The van der Waals surface area contributed by atoms with Crippen LogP contribution in [0.25, 0.3) is 22.3 Å². The van der Waals surface area contributed by atoms with Crippen molar-refractivity contribution in [2.75, 3.05) is 0 Å². The monoisotopic (exact) mass is 415 g/mol. The van der Waals surface area contributed by atoms with E-state index in [4.69, 9.17) is 4.42 Å². The molecule has 0 spiro atoms. The molecule has 0 amide bonds. The molecule has 30 heavy (non-hydrogen) atoms. The molecule has 0 fully saturated rings. The number of rotatable bonds is 6. The van der Waals surface area contributed by atoms with E-state index < -0.39 is 0 Å². The Balaban J connectivity index is 1.51. The highest BCUT2D eigenvalue weighted by molar-refractivity contribution is 7.98. The van der Waals surface area contributed by atoms with Crippen LogP contribution in [0.15, 0.2) is 87.6 Å². The Morgan fingerprint density at radius 3 is 2.83 bits per heavy atom. The van der Waals surface area contributed by atoms with E-state index >= 15 is 0 Å². The average molecular weight is 415 g/mol. The maximum Gasteiger partial charge on any atom is 0.248 e. The topological polar surface area (TPSA) is 89.6 Å². The number of thioether (sulfide) groups is 1. The summed E-state index contributed by atoms with van der Waals surface area (Å²) in [7, 11) is 0. The van der Waals surface area contributed by atoms with Gasteiger partial charge in [0.15, 0.2) is 11.0 Å². The number of para-hydroxylation sites is 1. The number of hydrogen-bond acceptors (Lipinski definition) is 6. The number of hydrogen-bond donors (Lipinski definition) is 1. The van der Waals surface area contributed by atoms with Crippen LogP contribution in [0.2, 0.25) is 0 Å². The van der Waals surface area contributed by atoms with E-state index in [1.54, 1.807) is 24.7 Å². The first-order valence-corrected chi connectivity index (χ1v) is 10.4. The standard InChI is InChI=1S/C22H17N5O2S/c28-20-11-16(18-7-1-2-8-19(18)24-20)14-30-22-26-25-21(15-5-3-9-23-12-15)27(22)13-17-6-4-10-29-17/h1-12H,13-14H2,(H,24,28). The van der Waals surface area contributed by atoms with Crippen molar-refractivity contribution < 1.29 is 4.42 Å². The maximum absolute atomic E-state index is 12.1. The lowest BCUT2D eigenvalue weighted by Crippen LogP contribution is -2.07. The zero-order chi connectivity index (χ0) is 20.3. The van der Waals surface area contributed by atoms with Gasteiger partial charge in [-0.25, -0.2) is 0 Å². The van der Waals surface area contributed by atoms with Gasteiger partial charge in [0.25, 0.3) is 0 Å². The molecule has 0 radical (unpaired) electrons. The number of H-pyrrole nitrogens is 1. The number of fused-ring (bicyclic) bond motifs is 1. The fraction of sp³-hybridized carbons (Fsp3) is 0.0909. The quantitative estimate of drug-likeness (QED) is 0.420. The van der Waals surface area contributed by atoms with Crippen LogP contribution in [0.5, 0.6) is 0 Å². The van der Waals surface area contributed by atoms with Gasteiger partial charge >= 0.3 is 0 Å². The van der Waals surface area contributed by atoms with Crippen molar-refractivity contribution in [3.63, 3.8) is 0 Å².